The second-order valence-electron chi connectivity index (χ2n) is 5.04. The van der Waals surface area contributed by atoms with Crippen molar-refractivity contribution in [2.45, 2.75) is 39.7 Å². The summed E-state index contributed by atoms with van der Waals surface area (Å²) in [7, 11) is 1.85. The fourth-order valence-electron chi connectivity index (χ4n) is 1.96. The Hall–Kier alpha value is -1.35. The first-order chi connectivity index (χ1) is 8.45. The zero-order valence-electron chi connectivity index (χ0n) is 11.9. The predicted molar refractivity (Wildman–Crippen MR) is 75.5 cm³/mol. The highest BCUT2D eigenvalue weighted by Gasteiger charge is 2.16. The number of carbonyl (C=O) groups is 1. The van der Waals surface area contributed by atoms with Gasteiger partial charge in [-0.15, -0.1) is 0 Å². The molecular formula is C15H24N2O. The minimum absolute atomic E-state index is 0.157. The molecule has 3 heteroatoms. The molecule has 3 nitrogen and oxygen atoms in total. The Balaban J connectivity index is 2.72. The Morgan fingerprint density at radius 3 is 2.67 bits per heavy atom. The summed E-state index contributed by atoms with van der Waals surface area (Å²) in [6.07, 6.45) is 1.31. The van der Waals surface area contributed by atoms with Crippen molar-refractivity contribution in [3.05, 3.63) is 34.9 Å². The van der Waals surface area contributed by atoms with Gasteiger partial charge >= 0.3 is 0 Å². The highest BCUT2D eigenvalue weighted by Crippen LogP contribution is 2.13. The molecule has 2 N–H and O–H groups in total. The van der Waals surface area contributed by atoms with Crippen molar-refractivity contribution in [3.63, 3.8) is 0 Å². The molecule has 1 aromatic rings. The average molecular weight is 248 g/mol. The Morgan fingerprint density at radius 2 is 2.06 bits per heavy atom. The van der Waals surface area contributed by atoms with Gasteiger partial charge in [-0.2, -0.15) is 0 Å². The van der Waals surface area contributed by atoms with Gasteiger partial charge in [0.25, 0.3) is 0 Å². The quantitative estimate of drug-likeness (QED) is 0.866. The number of aryl methyl sites for hydroxylation is 2. The maximum Gasteiger partial charge on any atom is 0.226 e. The molecule has 0 heterocycles. The summed E-state index contributed by atoms with van der Waals surface area (Å²) in [6.45, 7) is 6.75. The van der Waals surface area contributed by atoms with Crippen LogP contribution in [0.15, 0.2) is 18.2 Å². The molecule has 100 valence electrons. The molecule has 1 aromatic carbocycles. The van der Waals surface area contributed by atoms with Gasteiger partial charge in [0.05, 0.1) is 6.42 Å². The molecule has 18 heavy (non-hydrogen) atoms. The van der Waals surface area contributed by atoms with Gasteiger partial charge in [-0.05, 0) is 44.9 Å². The Morgan fingerprint density at radius 1 is 1.39 bits per heavy atom. The van der Waals surface area contributed by atoms with Crippen LogP contribution in [-0.2, 0) is 11.2 Å². The number of nitrogens with two attached hydrogens (primary N) is 1. The van der Waals surface area contributed by atoms with E-state index in [0.717, 1.165) is 12.0 Å². The first-order valence-electron chi connectivity index (χ1n) is 6.47. The lowest BCUT2D eigenvalue weighted by atomic mass is 10.0. The van der Waals surface area contributed by atoms with Gasteiger partial charge in [-0.3, -0.25) is 4.79 Å². The molecule has 1 atom stereocenters. The van der Waals surface area contributed by atoms with Gasteiger partial charge in [0.2, 0.25) is 5.91 Å². The minimum Gasteiger partial charge on any atom is -0.343 e. The number of rotatable bonds is 5. The number of hydrogen-bond donors (Lipinski definition) is 1. The number of hydrogen-bond acceptors (Lipinski definition) is 2. The fourth-order valence-corrected chi connectivity index (χ4v) is 1.96. The smallest absolute Gasteiger partial charge is 0.226 e. The minimum atomic E-state index is 0.157. The first-order valence-corrected chi connectivity index (χ1v) is 6.47. The summed E-state index contributed by atoms with van der Waals surface area (Å²) >= 11 is 0. The summed E-state index contributed by atoms with van der Waals surface area (Å²) in [5.74, 6) is 0.157. The van der Waals surface area contributed by atoms with Crippen LogP contribution in [0.4, 0.5) is 0 Å². The van der Waals surface area contributed by atoms with E-state index in [0.29, 0.717) is 13.0 Å². The van der Waals surface area contributed by atoms with E-state index < -0.39 is 0 Å². The van der Waals surface area contributed by atoms with E-state index in [4.69, 9.17) is 5.73 Å². The molecule has 1 unspecified atom stereocenters. The molecule has 1 amide bonds. The molecule has 0 fully saturated rings. The van der Waals surface area contributed by atoms with Crippen LogP contribution in [0.25, 0.3) is 0 Å². The second kappa shape index (κ2) is 6.55. The van der Waals surface area contributed by atoms with Crippen LogP contribution in [-0.4, -0.2) is 30.4 Å². The molecule has 1 rings (SSSR count). The number of nitrogens with zero attached hydrogens (tertiary/aromatic N) is 1. The Labute approximate surface area is 110 Å². The molecule has 0 aliphatic carbocycles. The standard InChI is InChI=1S/C15H24N2O/c1-11-5-6-12(2)14(9-11)10-15(18)17(4)13(3)7-8-16/h5-6,9,13H,7-8,10,16H2,1-4H3. The number of benzene rings is 1. The van der Waals surface area contributed by atoms with Crippen molar-refractivity contribution < 1.29 is 4.79 Å². The van der Waals surface area contributed by atoms with Crippen molar-refractivity contribution in [1.82, 2.24) is 4.90 Å². The molecule has 0 radical (unpaired) electrons. The summed E-state index contributed by atoms with van der Waals surface area (Å²) in [4.78, 5) is 14.0. The van der Waals surface area contributed by atoms with Crippen LogP contribution < -0.4 is 5.73 Å². The Bertz CT molecular complexity index is 415. The van der Waals surface area contributed by atoms with Crippen molar-refractivity contribution in [1.29, 1.82) is 0 Å². The third-order valence-corrected chi connectivity index (χ3v) is 3.49. The number of likely N-dealkylation sites (N-methyl/N-ethyl adjacent to an activating group) is 1. The zero-order valence-corrected chi connectivity index (χ0v) is 11.9. The van der Waals surface area contributed by atoms with Gasteiger partial charge < -0.3 is 10.6 Å². The maximum absolute atomic E-state index is 12.2. The highest BCUT2D eigenvalue weighted by atomic mass is 16.2. The highest BCUT2D eigenvalue weighted by molar-refractivity contribution is 5.79. The SMILES string of the molecule is Cc1ccc(C)c(CC(=O)N(C)C(C)CCN)c1. The number of carbonyl (C=O) groups excluding carboxylic acids is 1. The topological polar surface area (TPSA) is 46.3 Å². The lowest BCUT2D eigenvalue weighted by Crippen LogP contribution is -2.37. The zero-order chi connectivity index (χ0) is 13.7. The number of amides is 1. The van der Waals surface area contributed by atoms with Crippen molar-refractivity contribution >= 4 is 5.91 Å². The summed E-state index contributed by atoms with van der Waals surface area (Å²) in [5.41, 5.74) is 9.01. The van der Waals surface area contributed by atoms with Crippen molar-refractivity contribution in [2.75, 3.05) is 13.6 Å². The molecule has 0 bridgehead atoms. The second-order valence-corrected chi connectivity index (χ2v) is 5.04. The van der Waals surface area contributed by atoms with Crippen LogP contribution in [0.1, 0.15) is 30.0 Å². The molecule has 0 saturated heterocycles. The van der Waals surface area contributed by atoms with Crippen molar-refractivity contribution in [2.24, 2.45) is 5.73 Å². The lowest BCUT2D eigenvalue weighted by molar-refractivity contribution is -0.131. The first kappa shape index (κ1) is 14.7. The summed E-state index contributed by atoms with van der Waals surface area (Å²) < 4.78 is 0. The van der Waals surface area contributed by atoms with Crippen LogP contribution in [0, 0.1) is 13.8 Å². The van der Waals surface area contributed by atoms with Gasteiger partial charge in [-0.1, -0.05) is 23.8 Å². The average Bonchev–Trinajstić information content (AvgIpc) is 2.33. The molecular weight excluding hydrogens is 224 g/mol. The van der Waals surface area contributed by atoms with Crippen LogP contribution >= 0.6 is 0 Å². The monoisotopic (exact) mass is 248 g/mol. The third-order valence-electron chi connectivity index (χ3n) is 3.49. The van der Waals surface area contributed by atoms with E-state index in [-0.39, 0.29) is 11.9 Å². The largest absolute Gasteiger partial charge is 0.343 e. The van der Waals surface area contributed by atoms with Crippen molar-refractivity contribution in [3.8, 4) is 0 Å². The Kier molecular flexibility index (Phi) is 5.35. The molecule has 0 aromatic heterocycles. The van der Waals surface area contributed by atoms with E-state index in [1.165, 1.54) is 11.1 Å². The van der Waals surface area contributed by atoms with Gasteiger partial charge in [-0.25, -0.2) is 0 Å². The molecule has 0 spiro atoms. The van der Waals surface area contributed by atoms with Crippen LogP contribution in [0.3, 0.4) is 0 Å². The molecule has 0 saturated carbocycles. The lowest BCUT2D eigenvalue weighted by Gasteiger charge is -2.25. The third kappa shape index (κ3) is 3.84. The van der Waals surface area contributed by atoms with E-state index in [1.54, 1.807) is 4.90 Å². The maximum atomic E-state index is 12.2. The normalized spacial score (nSPS) is 12.3. The van der Waals surface area contributed by atoms with E-state index in [2.05, 4.69) is 18.2 Å². The van der Waals surface area contributed by atoms with E-state index >= 15 is 0 Å². The van der Waals surface area contributed by atoms with Crippen LogP contribution in [0.2, 0.25) is 0 Å². The molecule has 0 aliphatic rings. The predicted octanol–water partition coefficient (Wildman–Crippen LogP) is 2.04. The van der Waals surface area contributed by atoms with Gasteiger partial charge in [0, 0.05) is 13.1 Å². The summed E-state index contributed by atoms with van der Waals surface area (Å²) in [5, 5.41) is 0. The fraction of sp³-hybridized carbons (Fsp3) is 0.533. The van der Waals surface area contributed by atoms with Gasteiger partial charge in [0.15, 0.2) is 0 Å². The van der Waals surface area contributed by atoms with Crippen LogP contribution in [0.5, 0.6) is 0 Å². The molecule has 0 aliphatic heterocycles. The van der Waals surface area contributed by atoms with E-state index in [1.807, 2.05) is 27.8 Å². The van der Waals surface area contributed by atoms with Gasteiger partial charge in [0.1, 0.15) is 0 Å². The van der Waals surface area contributed by atoms with E-state index in [9.17, 15) is 4.79 Å². The summed E-state index contributed by atoms with van der Waals surface area (Å²) in [6, 6.07) is 6.44.